The molecule has 0 aliphatic heterocycles. The molecular formula is C17H15FN4O. The van der Waals surface area contributed by atoms with Crippen molar-refractivity contribution in [3.63, 3.8) is 0 Å². The number of nitrogen functional groups attached to an aromatic ring is 1. The van der Waals surface area contributed by atoms with Crippen molar-refractivity contribution in [3.05, 3.63) is 65.6 Å². The highest BCUT2D eigenvalue weighted by molar-refractivity contribution is 6.04. The Morgan fingerprint density at radius 3 is 2.57 bits per heavy atom. The van der Waals surface area contributed by atoms with E-state index in [1.165, 1.54) is 17.0 Å². The molecule has 1 heterocycles. The molecule has 0 fully saturated rings. The standard InChI is InChI=1S/C17H15FN4O/c1-22(10-11-6-8-12(18)9-7-11)16(23)15-13-4-2-3-5-14(13)20-17(19)21-15/h2-9H,10H2,1H3,(H2,19,20,21). The topological polar surface area (TPSA) is 72.1 Å². The number of amides is 1. The summed E-state index contributed by atoms with van der Waals surface area (Å²) >= 11 is 0. The Bertz CT molecular complexity index is 864. The minimum absolute atomic E-state index is 0.0576. The van der Waals surface area contributed by atoms with Crippen molar-refractivity contribution in [1.82, 2.24) is 14.9 Å². The van der Waals surface area contributed by atoms with E-state index < -0.39 is 0 Å². The number of aromatic nitrogens is 2. The average molecular weight is 310 g/mol. The van der Waals surface area contributed by atoms with E-state index in [0.717, 1.165) is 5.56 Å². The molecule has 0 spiro atoms. The van der Waals surface area contributed by atoms with Crippen LogP contribution in [-0.2, 0) is 6.54 Å². The first-order valence-corrected chi connectivity index (χ1v) is 7.07. The zero-order chi connectivity index (χ0) is 16.4. The lowest BCUT2D eigenvalue weighted by molar-refractivity contribution is 0.0781. The largest absolute Gasteiger partial charge is 0.368 e. The number of hydrogen-bond acceptors (Lipinski definition) is 4. The number of rotatable bonds is 3. The van der Waals surface area contributed by atoms with Gasteiger partial charge in [0.25, 0.3) is 5.91 Å². The van der Waals surface area contributed by atoms with Crippen molar-refractivity contribution < 1.29 is 9.18 Å². The zero-order valence-electron chi connectivity index (χ0n) is 12.5. The summed E-state index contributed by atoms with van der Waals surface area (Å²) in [7, 11) is 1.67. The molecule has 0 aliphatic rings. The van der Waals surface area contributed by atoms with E-state index in [1.807, 2.05) is 12.1 Å². The molecule has 0 saturated heterocycles. The fraction of sp³-hybridized carbons (Fsp3) is 0.118. The Kier molecular flexibility index (Phi) is 3.89. The highest BCUT2D eigenvalue weighted by Crippen LogP contribution is 2.18. The van der Waals surface area contributed by atoms with Gasteiger partial charge in [-0.15, -0.1) is 0 Å². The first kappa shape index (κ1) is 14.9. The van der Waals surface area contributed by atoms with E-state index in [0.29, 0.717) is 17.4 Å². The van der Waals surface area contributed by atoms with E-state index in [-0.39, 0.29) is 23.4 Å². The minimum atomic E-state index is -0.308. The smallest absolute Gasteiger partial charge is 0.273 e. The molecule has 116 valence electrons. The molecule has 0 unspecified atom stereocenters. The van der Waals surface area contributed by atoms with Crippen molar-refractivity contribution in [3.8, 4) is 0 Å². The van der Waals surface area contributed by atoms with Gasteiger partial charge in [0, 0.05) is 19.0 Å². The SMILES string of the molecule is CN(Cc1ccc(F)cc1)C(=O)c1nc(N)nc2ccccc12. The normalized spacial score (nSPS) is 10.7. The van der Waals surface area contributed by atoms with Crippen LogP contribution in [0.4, 0.5) is 10.3 Å². The maximum atomic E-state index is 13.0. The van der Waals surface area contributed by atoms with E-state index in [9.17, 15) is 9.18 Å². The third-order valence-corrected chi connectivity index (χ3v) is 3.50. The second-order valence-electron chi connectivity index (χ2n) is 5.24. The molecular weight excluding hydrogens is 295 g/mol. The fourth-order valence-corrected chi connectivity index (χ4v) is 2.37. The van der Waals surface area contributed by atoms with Crippen molar-refractivity contribution in [2.75, 3.05) is 12.8 Å². The van der Waals surface area contributed by atoms with Gasteiger partial charge in [-0.05, 0) is 23.8 Å². The van der Waals surface area contributed by atoms with E-state index in [2.05, 4.69) is 9.97 Å². The van der Waals surface area contributed by atoms with Gasteiger partial charge < -0.3 is 10.6 Å². The first-order chi connectivity index (χ1) is 11.0. The summed E-state index contributed by atoms with van der Waals surface area (Å²) in [4.78, 5) is 22.4. The van der Waals surface area contributed by atoms with Crippen molar-refractivity contribution in [2.24, 2.45) is 0 Å². The Balaban J connectivity index is 1.92. The molecule has 1 amide bonds. The van der Waals surface area contributed by atoms with Gasteiger partial charge in [0.15, 0.2) is 0 Å². The predicted molar refractivity (Wildman–Crippen MR) is 86.1 cm³/mol. The summed E-state index contributed by atoms with van der Waals surface area (Å²) in [6.07, 6.45) is 0. The second-order valence-corrected chi connectivity index (χ2v) is 5.24. The van der Waals surface area contributed by atoms with Crippen LogP contribution >= 0.6 is 0 Å². The average Bonchev–Trinajstić information content (AvgIpc) is 2.55. The monoisotopic (exact) mass is 310 g/mol. The number of carbonyl (C=O) groups excluding carboxylic acids is 1. The first-order valence-electron chi connectivity index (χ1n) is 7.07. The van der Waals surface area contributed by atoms with Crippen LogP contribution in [0, 0.1) is 5.82 Å². The lowest BCUT2D eigenvalue weighted by atomic mass is 10.1. The molecule has 3 rings (SSSR count). The van der Waals surface area contributed by atoms with E-state index >= 15 is 0 Å². The molecule has 5 nitrogen and oxygen atoms in total. The number of nitrogens with two attached hydrogens (primary N) is 1. The van der Waals surface area contributed by atoms with Gasteiger partial charge in [0.1, 0.15) is 11.5 Å². The van der Waals surface area contributed by atoms with Crippen LogP contribution in [0.5, 0.6) is 0 Å². The lowest BCUT2D eigenvalue weighted by Crippen LogP contribution is -2.27. The fourth-order valence-electron chi connectivity index (χ4n) is 2.37. The third kappa shape index (κ3) is 3.11. The summed E-state index contributed by atoms with van der Waals surface area (Å²) in [6, 6.07) is 13.2. The van der Waals surface area contributed by atoms with Gasteiger partial charge >= 0.3 is 0 Å². The van der Waals surface area contributed by atoms with Crippen molar-refractivity contribution in [1.29, 1.82) is 0 Å². The number of para-hydroxylation sites is 1. The van der Waals surface area contributed by atoms with Crippen LogP contribution in [0.3, 0.4) is 0 Å². The Hall–Kier alpha value is -3.02. The maximum absolute atomic E-state index is 13.0. The molecule has 1 aromatic heterocycles. The van der Waals surface area contributed by atoms with Crippen LogP contribution in [-0.4, -0.2) is 27.8 Å². The van der Waals surface area contributed by atoms with Gasteiger partial charge in [-0.2, -0.15) is 0 Å². The maximum Gasteiger partial charge on any atom is 0.273 e. The summed E-state index contributed by atoms with van der Waals surface area (Å²) in [5, 5.41) is 0.651. The number of hydrogen-bond donors (Lipinski definition) is 1. The minimum Gasteiger partial charge on any atom is -0.368 e. The molecule has 6 heteroatoms. The zero-order valence-corrected chi connectivity index (χ0v) is 12.5. The van der Waals surface area contributed by atoms with Crippen molar-refractivity contribution in [2.45, 2.75) is 6.54 Å². The van der Waals surface area contributed by atoms with E-state index in [1.54, 1.807) is 31.3 Å². The molecule has 0 bridgehead atoms. The third-order valence-electron chi connectivity index (χ3n) is 3.50. The molecule has 2 N–H and O–H groups in total. The number of fused-ring (bicyclic) bond motifs is 1. The number of benzene rings is 2. The molecule has 0 saturated carbocycles. The molecule has 0 aliphatic carbocycles. The highest BCUT2D eigenvalue weighted by Gasteiger charge is 2.18. The van der Waals surface area contributed by atoms with Crippen molar-refractivity contribution >= 4 is 22.8 Å². The van der Waals surface area contributed by atoms with Crippen LogP contribution in [0.1, 0.15) is 16.1 Å². The number of anilines is 1. The Morgan fingerprint density at radius 2 is 1.83 bits per heavy atom. The molecule has 23 heavy (non-hydrogen) atoms. The van der Waals surface area contributed by atoms with Crippen LogP contribution in [0.25, 0.3) is 10.9 Å². The molecule has 2 aromatic carbocycles. The lowest BCUT2D eigenvalue weighted by Gasteiger charge is -2.18. The van der Waals surface area contributed by atoms with Gasteiger partial charge in [-0.25, -0.2) is 14.4 Å². The number of nitrogens with zero attached hydrogens (tertiary/aromatic N) is 3. The van der Waals surface area contributed by atoms with Gasteiger partial charge in [-0.1, -0.05) is 30.3 Å². The van der Waals surface area contributed by atoms with Gasteiger partial charge in [0.05, 0.1) is 5.52 Å². The Morgan fingerprint density at radius 1 is 1.13 bits per heavy atom. The summed E-state index contributed by atoms with van der Waals surface area (Å²) in [6.45, 7) is 0.345. The summed E-state index contributed by atoms with van der Waals surface area (Å²) in [5.41, 5.74) is 7.41. The molecule has 0 radical (unpaired) electrons. The summed E-state index contributed by atoms with van der Waals surface area (Å²) in [5.74, 6) is -0.515. The number of carbonyl (C=O) groups is 1. The quantitative estimate of drug-likeness (QED) is 0.807. The highest BCUT2D eigenvalue weighted by atomic mass is 19.1. The predicted octanol–water partition coefficient (Wildman–Crippen LogP) is 2.62. The van der Waals surface area contributed by atoms with Crippen LogP contribution in [0.2, 0.25) is 0 Å². The van der Waals surface area contributed by atoms with Gasteiger partial charge in [-0.3, -0.25) is 4.79 Å². The molecule has 3 aromatic rings. The van der Waals surface area contributed by atoms with Crippen LogP contribution < -0.4 is 5.73 Å². The van der Waals surface area contributed by atoms with Crippen LogP contribution in [0.15, 0.2) is 48.5 Å². The van der Waals surface area contributed by atoms with E-state index in [4.69, 9.17) is 5.73 Å². The van der Waals surface area contributed by atoms with Gasteiger partial charge in [0.2, 0.25) is 5.95 Å². The summed E-state index contributed by atoms with van der Waals surface area (Å²) < 4.78 is 13.0. The Labute approximate surface area is 132 Å². The molecule has 0 atom stereocenters. The number of halogens is 1. The second kappa shape index (κ2) is 6.00.